The van der Waals surface area contributed by atoms with Gasteiger partial charge in [0, 0.05) is 36.3 Å². The van der Waals surface area contributed by atoms with Crippen LogP contribution in [0, 0.1) is 5.82 Å². The van der Waals surface area contributed by atoms with E-state index in [1.807, 2.05) is 4.90 Å². The van der Waals surface area contributed by atoms with Gasteiger partial charge in [0.1, 0.15) is 5.82 Å². The highest BCUT2D eigenvalue weighted by atomic mass is 19.1. The van der Waals surface area contributed by atoms with Crippen LogP contribution >= 0.6 is 0 Å². The number of likely N-dealkylation sites (tertiary alicyclic amines) is 1. The maximum absolute atomic E-state index is 13.4. The van der Waals surface area contributed by atoms with E-state index in [1.165, 1.54) is 12.1 Å². The van der Waals surface area contributed by atoms with E-state index in [9.17, 15) is 14.0 Å². The number of anilines is 1. The number of carbonyl (C=O) groups is 2. The van der Waals surface area contributed by atoms with Crippen LogP contribution in [0.2, 0.25) is 0 Å². The number of nitrogens with zero attached hydrogens (tertiary/aromatic N) is 2. The molecule has 2 amide bonds. The van der Waals surface area contributed by atoms with E-state index in [0.29, 0.717) is 22.5 Å². The van der Waals surface area contributed by atoms with Gasteiger partial charge in [-0.15, -0.1) is 0 Å². The second-order valence-electron chi connectivity index (χ2n) is 6.92. The van der Waals surface area contributed by atoms with Crippen LogP contribution in [0.4, 0.5) is 10.1 Å². The summed E-state index contributed by atoms with van der Waals surface area (Å²) in [6.45, 7) is 1.54. The zero-order valence-corrected chi connectivity index (χ0v) is 15.2. The Labute approximate surface area is 162 Å². The minimum absolute atomic E-state index is 0.0255. The van der Waals surface area contributed by atoms with Gasteiger partial charge in [-0.25, -0.2) is 4.39 Å². The lowest BCUT2D eigenvalue weighted by atomic mass is 10.0. The van der Waals surface area contributed by atoms with Gasteiger partial charge in [-0.05, 0) is 43.2 Å². The van der Waals surface area contributed by atoms with Crippen molar-refractivity contribution in [2.45, 2.75) is 25.4 Å². The molecular weight excluding hydrogens is 361 g/mol. The summed E-state index contributed by atoms with van der Waals surface area (Å²) in [6, 6.07) is 12.9. The van der Waals surface area contributed by atoms with Crippen LogP contribution in [-0.4, -0.2) is 41.6 Å². The molecule has 4 rings (SSSR count). The molecule has 0 aliphatic carbocycles. The summed E-state index contributed by atoms with van der Waals surface area (Å²) >= 11 is 0. The van der Waals surface area contributed by atoms with Crippen LogP contribution in [0.3, 0.4) is 0 Å². The van der Waals surface area contributed by atoms with Gasteiger partial charge in [0.05, 0.1) is 5.71 Å². The van der Waals surface area contributed by atoms with Crippen LogP contribution in [0.5, 0.6) is 0 Å². The average Bonchev–Trinajstić information content (AvgIpc) is 3.40. The SMILES string of the molecule is O=C(Nc1cccc(C(=O)N2CCCC2)c1)C1CC(c2cccc(F)c2)=NO1. The molecule has 0 radical (unpaired) electrons. The molecule has 28 heavy (non-hydrogen) atoms. The molecule has 0 bridgehead atoms. The highest BCUT2D eigenvalue weighted by Crippen LogP contribution is 2.20. The van der Waals surface area contributed by atoms with Crippen LogP contribution in [0.15, 0.2) is 53.7 Å². The molecule has 2 aliphatic rings. The lowest BCUT2D eigenvalue weighted by molar-refractivity contribution is -0.125. The molecule has 2 heterocycles. The van der Waals surface area contributed by atoms with Crippen molar-refractivity contribution in [2.24, 2.45) is 5.16 Å². The molecule has 2 aliphatic heterocycles. The van der Waals surface area contributed by atoms with Crippen molar-refractivity contribution in [1.82, 2.24) is 4.90 Å². The Morgan fingerprint density at radius 3 is 2.68 bits per heavy atom. The van der Waals surface area contributed by atoms with E-state index < -0.39 is 6.10 Å². The number of hydrogen-bond donors (Lipinski definition) is 1. The summed E-state index contributed by atoms with van der Waals surface area (Å²) in [7, 11) is 0. The second-order valence-corrected chi connectivity index (χ2v) is 6.92. The van der Waals surface area contributed by atoms with Crippen LogP contribution in [-0.2, 0) is 9.63 Å². The molecule has 7 heteroatoms. The number of hydrogen-bond acceptors (Lipinski definition) is 4. The van der Waals surface area contributed by atoms with Gasteiger partial charge >= 0.3 is 0 Å². The van der Waals surface area contributed by atoms with Crippen molar-refractivity contribution >= 4 is 23.2 Å². The molecule has 2 aromatic rings. The van der Waals surface area contributed by atoms with E-state index in [-0.39, 0.29) is 24.1 Å². The van der Waals surface area contributed by atoms with E-state index in [1.54, 1.807) is 36.4 Å². The Kier molecular flexibility index (Phi) is 5.06. The first kappa shape index (κ1) is 18.2. The number of rotatable bonds is 4. The van der Waals surface area contributed by atoms with Crippen molar-refractivity contribution in [3.63, 3.8) is 0 Å². The van der Waals surface area contributed by atoms with Gasteiger partial charge in [-0.3, -0.25) is 9.59 Å². The van der Waals surface area contributed by atoms with Crippen LogP contribution < -0.4 is 5.32 Å². The molecule has 6 nitrogen and oxygen atoms in total. The molecule has 2 aromatic carbocycles. The fourth-order valence-electron chi connectivity index (χ4n) is 3.41. The Bertz CT molecular complexity index is 938. The standard InChI is InChI=1S/C21H20FN3O3/c22-16-7-3-5-14(11-16)18-13-19(28-24-18)20(26)23-17-8-4-6-15(12-17)21(27)25-9-1-2-10-25/h3-8,11-12,19H,1-2,9-10,13H2,(H,23,26). The van der Waals surface area contributed by atoms with Crippen molar-refractivity contribution in [2.75, 3.05) is 18.4 Å². The Balaban J connectivity index is 1.39. The molecule has 0 saturated carbocycles. The molecule has 1 fully saturated rings. The summed E-state index contributed by atoms with van der Waals surface area (Å²) < 4.78 is 13.4. The predicted molar refractivity (Wildman–Crippen MR) is 103 cm³/mol. The first-order valence-corrected chi connectivity index (χ1v) is 9.29. The van der Waals surface area contributed by atoms with Crippen molar-refractivity contribution < 1.29 is 18.8 Å². The number of oxime groups is 1. The largest absolute Gasteiger partial charge is 0.382 e. The second kappa shape index (κ2) is 7.80. The zero-order chi connectivity index (χ0) is 19.5. The Morgan fingerprint density at radius 2 is 1.89 bits per heavy atom. The summed E-state index contributed by atoms with van der Waals surface area (Å²) in [5.41, 5.74) is 2.19. The first-order valence-electron chi connectivity index (χ1n) is 9.29. The van der Waals surface area contributed by atoms with Crippen molar-refractivity contribution in [3.8, 4) is 0 Å². The van der Waals surface area contributed by atoms with E-state index in [2.05, 4.69) is 10.5 Å². The third-order valence-corrected chi connectivity index (χ3v) is 4.89. The van der Waals surface area contributed by atoms with Gasteiger partial charge < -0.3 is 15.1 Å². The lowest BCUT2D eigenvalue weighted by Crippen LogP contribution is -2.29. The fourth-order valence-corrected chi connectivity index (χ4v) is 3.41. The topological polar surface area (TPSA) is 71.0 Å². The van der Waals surface area contributed by atoms with Crippen LogP contribution in [0.25, 0.3) is 0 Å². The minimum Gasteiger partial charge on any atom is -0.382 e. The van der Waals surface area contributed by atoms with Gasteiger partial charge in [0.25, 0.3) is 11.8 Å². The monoisotopic (exact) mass is 381 g/mol. The summed E-state index contributed by atoms with van der Waals surface area (Å²) in [5.74, 6) is -0.754. The highest BCUT2D eigenvalue weighted by Gasteiger charge is 2.29. The van der Waals surface area contributed by atoms with Gasteiger partial charge in [-0.1, -0.05) is 23.4 Å². The Hall–Kier alpha value is -3.22. The molecular formula is C21H20FN3O3. The van der Waals surface area contributed by atoms with Gasteiger partial charge in [0.2, 0.25) is 6.10 Å². The third-order valence-electron chi connectivity index (χ3n) is 4.89. The number of carbonyl (C=O) groups excluding carboxylic acids is 2. The molecule has 0 aromatic heterocycles. The summed E-state index contributed by atoms with van der Waals surface area (Å²) in [6.07, 6.45) is 1.50. The number of nitrogens with one attached hydrogen (secondary N) is 1. The number of amides is 2. The molecule has 1 unspecified atom stereocenters. The van der Waals surface area contributed by atoms with Crippen molar-refractivity contribution in [1.29, 1.82) is 0 Å². The fraction of sp³-hybridized carbons (Fsp3) is 0.286. The van der Waals surface area contributed by atoms with Crippen LogP contribution in [0.1, 0.15) is 35.2 Å². The first-order chi connectivity index (χ1) is 13.6. The molecule has 1 atom stereocenters. The maximum Gasteiger partial charge on any atom is 0.268 e. The summed E-state index contributed by atoms with van der Waals surface area (Å²) in [5, 5.41) is 6.69. The van der Waals surface area contributed by atoms with Gasteiger partial charge in [-0.2, -0.15) is 0 Å². The molecule has 144 valence electrons. The predicted octanol–water partition coefficient (Wildman–Crippen LogP) is 3.19. The number of benzene rings is 2. The quantitative estimate of drug-likeness (QED) is 0.884. The summed E-state index contributed by atoms with van der Waals surface area (Å²) in [4.78, 5) is 32.1. The zero-order valence-electron chi connectivity index (χ0n) is 15.2. The van der Waals surface area contributed by atoms with Crippen molar-refractivity contribution in [3.05, 3.63) is 65.5 Å². The number of halogens is 1. The van der Waals surface area contributed by atoms with E-state index in [4.69, 9.17) is 4.84 Å². The smallest absolute Gasteiger partial charge is 0.268 e. The molecule has 1 N–H and O–H groups in total. The third kappa shape index (κ3) is 3.88. The van der Waals surface area contributed by atoms with Gasteiger partial charge in [0.15, 0.2) is 0 Å². The lowest BCUT2D eigenvalue weighted by Gasteiger charge is -2.16. The highest BCUT2D eigenvalue weighted by molar-refractivity contribution is 6.06. The molecule has 1 saturated heterocycles. The normalized spacial score (nSPS) is 18.5. The minimum atomic E-state index is -0.795. The average molecular weight is 381 g/mol. The van der Waals surface area contributed by atoms with E-state index >= 15 is 0 Å². The van der Waals surface area contributed by atoms with E-state index in [0.717, 1.165) is 25.9 Å². The Morgan fingerprint density at radius 1 is 1.11 bits per heavy atom. The molecule has 0 spiro atoms. The maximum atomic E-state index is 13.4.